The number of anilines is 1. The first-order valence-electron chi connectivity index (χ1n) is 7.03. The number of fused-ring (bicyclic) bond motifs is 1. The van der Waals surface area contributed by atoms with Crippen LogP contribution in [0.25, 0.3) is 0 Å². The minimum absolute atomic E-state index is 0.0527. The zero-order valence-electron chi connectivity index (χ0n) is 12.1. The van der Waals surface area contributed by atoms with E-state index in [9.17, 15) is 19.5 Å². The number of amides is 2. The maximum atomic E-state index is 12.5. The molecule has 2 aromatic carbocycles. The number of nitrogen functional groups attached to an aromatic ring is 1. The van der Waals surface area contributed by atoms with E-state index in [0.29, 0.717) is 5.69 Å². The fourth-order valence-corrected chi connectivity index (χ4v) is 2.69. The molecule has 6 heteroatoms. The number of aliphatic carboxylic acids is 1. The molecule has 1 heterocycles. The van der Waals surface area contributed by atoms with Crippen molar-refractivity contribution in [3.8, 4) is 0 Å². The molecule has 2 aromatic rings. The lowest BCUT2D eigenvalue weighted by molar-refractivity contribution is -0.141. The van der Waals surface area contributed by atoms with E-state index in [4.69, 9.17) is 5.73 Å². The average Bonchev–Trinajstić information content (AvgIpc) is 2.77. The van der Waals surface area contributed by atoms with Crippen LogP contribution in [-0.4, -0.2) is 33.8 Å². The molecule has 0 spiro atoms. The van der Waals surface area contributed by atoms with Crippen LogP contribution in [0.4, 0.5) is 5.69 Å². The SMILES string of the molecule is Nc1ccc2c(c1)C(=O)N([C@@H](Cc1ccccc1)C(=O)O)C2=O. The Kier molecular flexibility index (Phi) is 3.57. The zero-order valence-corrected chi connectivity index (χ0v) is 12.1. The molecule has 0 saturated carbocycles. The van der Waals surface area contributed by atoms with Crippen LogP contribution < -0.4 is 5.73 Å². The first kappa shape index (κ1) is 14.8. The van der Waals surface area contributed by atoms with Crippen molar-refractivity contribution in [3.63, 3.8) is 0 Å². The molecule has 1 atom stereocenters. The fraction of sp³-hybridized carbons (Fsp3) is 0.118. The number of hydrogen-bond donors (Lipinski definition) is 2. The van der Waals surface area contributed by atoms with Crippen LogP contribution >= 0.6 is 0 Å². The molecule has 23 heavy (non-hydrogen) atoms. The van der Waals surface area contributed by atoms with E-state index in [1.807, 2.05) is 6.07 Å². The highest BCUT2D eigenvalue weighted by atomic mass is 16.4. The second-order valence-corrected chi connectivity index (χ2v) is 5.33. The molecule has 1 aliphatic heterocycles. The Hall–Kier alpha value is -3.15. The molecule has 0 bridgehead atoms. The lowest BCUT2D eigenvalue weighted by Gasteiger charge is -2.22. The summed E-state index contributed by atoms with van der Waals surface area (Å²) in [7, 11) is 0. The maximum absolute atomic E-state index is 12.5. The van der Waals surface area contributed by atoms with Gasteiger partial charge in [-0.1, -0.05) is 30.3 Å². The number of hydrogen-bond acceptors (Lipinski definition) is 4. The fourth-order valence-electron chi connectivity index (χ4n) is 2.69. The molecule has 0 aliphatic carbocycles. The van der Waals surface area contributed by atoms with E-state index in [0.717, 1.165) is 10.5 Å². The summed E-state index contributed by atoms with van der Waals surface area (Å²) in [5, 5.41) is 9.49. The number of carbonyl (C=O) groups is 3. The summed E-state index contributed by atoms with van der Waals surface area (Å²) in [6, 6.07) is 12.0. The third-order valence-corrected chi connectivity index (χ3v) is 3.81. The van der Waals surface area contributed by atoms with E-state index in [-0.39, 0.29) is 17.5 Å². The summed E-state index contributed by atoms with van der Waals surface area (Å²) in [6.45, 7) is 0. The minimum Gasteiger partial charge on any atom is -0.480 e. The van der Waals surface area contributed by atoms with E-state index in [2.05, 4.69) is 0 Å². The van der Waals surface area contributed by atoms with Gasteiger partial charge in [0.15, 0.2) is 0 Å². The third kappa shape index (κ3) is 2.55. The van der Waals surface area contributed by atoms with Crippen molar-refractivity contribution in [2.45, 2.75) is 12.5 Å². The van der Waals surface area contributed by atoms with Gasteiger partial charge in [-0.2, -0.15) is 0 Å². The van der Waals surface area contributed by atoms with Crippen LogP contribution in [0.1, 0.15) is 26.3 Å². The molecule has 0 fully saturated rings. The van der Waals surface area contributed by atoms with E-state index < -0.39 is 23.8 Å². The van der Waals surface area contributed by atoms with Gasteiger partial charge in [-0.15, -0.1) is 0 Å². The van der Waals surface area contributed by atoms with E-state index in [1.54, 1.807) is 24.3 Å². The summed E-state index contributed by atoms with van der Waals surface area (Å²) in [5.41, 5.74) is 7.06. The molecular formula is C17H14N2O4. The van der Waals surface area contributed by atoms with Gasteiger partial charge in [-0.05, 0) is 23.8 Å². The topological polar surface area (TPSA) is 101 Å². The number of benzene rings is 2. The number of imide groups is 1. The van der Waals surface area contributed by atoms with Crippen molar-refractivity contribution in [2.24, 2.45) is 0 Å². The van der Waals surface area contributed by atoms with Crippen molar-refractivity contribution in [1.82, 2.24) is 4.90 Å². The molecule has 0 aromatic heterocycles. The van der Waals surface area contributed by atoms with Gasteiger partial charge in [0.25, 0.3) is 11.8 Å². The summed E-state index contributed by atoms with van der Waals surface area (Å²) >= 11 is 0. The van der Waals surface area contributed by atoms with Crippen LogP contribution in [0.3, 0.4) is 0 Å². The largest absolute Gasteiger partial charge is 0.480 e. The van der Waals surface area contributed by atoms with Crippen molar-refractivity contribution in [1.29, 1.82) is 0 Å². The maximum Gasteiger partial charge on any atom is 0.327 e. The molecule has 3 N–H and O–H groups in total. The average molecular weight is 310 g/mol. The van der Waals surface area contributed by atoms with Crippen molar-refractivity contribution >= 4 is 23.5 Å². The van der Waals surface area contributed by atoms with E-state index >= 15 is 0 Å². The van der Waals surface area contributed by atoms with Gasteiger partial charge in [0.05, 0.1) is 11.1 Å². The molecule has 2 amide bonds. The smallest absolute Gasteiger partial charge is 0.327 e. The lowest BCUT2D eigenvalue weighted by Crippen LogP contribution is -2.46. The van der Waals surface area contributed by atoms with Crippen LogP contribution in [0.15, 0.2) is 48.5 Å². The molecule has 0 saturated heterocycles. The summed E-state index contributed by atoms with van der Waals surface area (Å²) < 4.78 is 0. The molecule has 6 nitrogen and oxygen atoms in total. The number of carboxylic acid groups (broad SMARTS) is 1. The second kappa shape index (κ2) is 5.57. The van der Waals surface area contributed by atoms with Crippen molar-refractivity contribution in [3.05, 3.63) is 65.2 Å². The number of carbonyl (C=O) groups excluding carboxylic acids is 2. The van der Waals surface area contributed by atoms with Gasteiger partial charge >= 0.3 is 5.97 Å². The number of carboxylic acids is 1. The second-order valence-electron chi connectivity index (χ2n) is 5.33. The van der Waals surface area contributed by atoms with Crippen LogP contribution in [0, 0.1) is 0 Å². The highest BCUT2D eigenvalue weighted by molar-refractivity contribution is 6.23. The van der Waals surface area contributed by atoms with Crippen molar-refractivity contribution in [2.75, 3.05) is 5.73 Å². The first-order valence-corrected chi connectivity index (χ1v) is 7.03. The first-order chi connectivity index (χ1) is 11.0. The lowest BCUT2D eigenvalue weighted by atomic mass is 10.0. The van der Waals surface area contributed by atoms with Gasteiger partial charge in [0.1, 0.15) is 6.04 Å². The Morgan fingerprint density at radius 1 is 1.04 bits per heavy atom. The Bertz CT molecular complexity index is 801. The molecule has 0 radical (unpaired) electrons. The number of rotatable bonds is 4. The van der Waals surface area contributed by atoms with Gasteiger partial charge in [0, 0.05) is 12.1 Å². The minimum atomic E-state index is -1.26. The molecular weight excluding hydrogens is 296 g/mol. The summed E-state index contributed by atoms with van der Waals surface area (Å²) in [6.07, 6.45) is 0.0527. The standard InChI is InChI=1S/C17H14N2O4/c18-11-6-7-12-13(9-11)16(21)19(15(12)20)14(17(22)23)8-10-4-2-1-3-5-10/h1-7,9,14H,8,18H2,(H,22,23)/t14-/m0/s1. The number of nitrogens with two attached hydrogens (primary N) is 1. The quantitative estimate of drug-likeness (QED) is 0.659. The summed E-state index contributed by atoms with van der Waals surface area (Å²) in [5.74, 6) is -2.45. The van der Waals surface area contributed by atoms with Crippen LogP contribution in [0.2, 0.25) is 0 Å². The van der Waals surface area contributed by atoms with E-state index in [1.165, 1.54) is 18.2 Å². The molecule has 1 aliphatic rings. The molecule has 116 valence electrons. The predicted octanol–water partition coefficient (Wildman–Crippen LogP) is 1.56. The number of nitrogens with zero attached hydrogens (tertiary/aromatic N) is 1. The van der Waals surface area contributed by atoms with Gasteiger partial charge in [-0.3, -0.25) is 14.5 Å². The van der Waals surface area contributed by atoms with Crippen molar-refractivity contribution < 1.29 is 19.5 Å². The Labute approximate surface area is 132 Å². The van der Waals surface area contributed by atoms with Crippen LogP contribution in [0.5, 0.6) is 0 Å². The zero-order chi connectivity index (χ0) is 16.6. The monoisotopic (exact) mass is 310 g/mol. The Balaban J connectivity index is 1.97. The van der Waals surface area contributed by atoms with Crippen LogP contribution in [-0.2, 0) is 11.2 Å². The van der Waals surface area contributed by atoms with Gasteiger partial charge < -0.3 is 10.8 Å². The highest BCUT2D eigenvalue weighted by Gasteiger charge is 2.42. The Morgan fingerprint density at radius 3 is 2.35 bits per heavy atom. The van der Waals surface area contributed by atoms with Gasteiger partial charge in [-0.25, -0.2) is 4.79 Å². The van der Waals surface area contributed by atoms with Gasteiger partial charge in [0.2, 0.25) is 0 Å². The third-order valence-electron chi connectivity index (χ3n) is 3.81. The Morgan fingerprint density at radius 2 is 1.70 bits per heavy atom. The normalized spacial score (nSPS) is 14.7. The predicted molar refractivity (Wildman–Crippen MR) is 82.9 cm³/mol. The highest BCUT2D eigenvalue weighted by Crippen LogP contribution is 2.27. The molecule has 3 rings (SSSR count). The summed E-state index contributed by atoms with van der Waals surface area (Å²) in [4.78, 5) is 37.4. The molecule has 0 unspecified atom stereocenters.